The first-order valence-electron chi connectivity index (χ1n) is 6.79. The highest BCUT2D eigenvalue weighted by Crippen LogP contribution is 2.06. The van der Waals surface area contributed by atoms with Crippen molar-refractivity contribution in [1.29, 1.82) is 0 Å². The molecule has 0 radical (unpaired) electrons. The van der Waals surface area contributed by atoms with E-state index in [0.29, 0.717) is 12.8 Å². The highest BCUT2D eigenvalue weighted by Gasteiger charge is 2.22. The largest absolute Gasteiger partial charge is 0.368 e. The lowest BCUT2D eigenvalue weighted by Gasteiger charge is -2.20. The molecule has 5 N–H and O–H groups in total. The van der Waals surface area contributed by atoms with E-state index in [1.165, 1.54) is 0 Å². The van der Waals surface area contributed by atoms with Crippen LogP contribution in [0.2, 0.25) is 0 Å². The molecule has 0 fully saturated rings. The smallest absolute Gasteiger partial charge is 0.240 e. The lowest BCUT2D eigenvalue weighted by molar-refractivity contribution is -0.128. The third-order valence-electron chi connectivity index (χ3n) is 3.00. The second kappa shape index (κ2) is 9.37. The van der Waals surface area contributed by atoms with Crippen LogP contribution < -0.4 is 16.8 Å². The Bertz CT molecular complexity index is 451. The number of halogens is 1. The number of nitrogens with two attached hydrogens (primary N) is 2. The van der Waals surface area contributed by atoms with Gasteiger partial charge in [0.05, 0.1) is 6.04 Å². The molecule has 0 saturated carbocycles. The van der Waals surface area contributed by atoms with Crippen molar-refractivity contribution in [3.05, 3.63) is 35.9 Å². The van der Waals surface area contributed by atoms with Crippen LogP contribution in [0.15, 0.2) is 30.3 Å². The SMILES string of the molecule is CC(C)C[C@H](NC(=O)[C@@H](N)Cc1ccccc1)C(N)=O.Cl. The van der Waals surface area contributed by atoms with Gasteiger partial charge in [0, 0.05) is 0 Å². The maximum atomic E-state index is 12.0. The fraction of sp³-hybridized carbons (Fsp3) is 0.467. The van der Waals surface area contributed by atoms with Crippen LogP contribution >= 0.6 is 12.4 Å². The van der Waals surface area contributed by atoms with Crippen molar-refractivity contribution < 1.29 is 9.59 Å². The molecule has 21 heavy (non-hydrogen) atoms. The summed E-state index contributed by atoms with van der Waals surface area (Å²) in [5, 5.41) is 2.63. The fourth-order valence-corrected chi connectivity index (χ4v) is 1.96. The van der Waals surface area contributed by atoms with Gasteiger partial charge in [-0.1, -0.05) is 44.2 Å². The van der Waals surface area contributed by atoms with Crippen molar-refractivity contribution in [2.24, 2.45) is 17.4 Å². The number of carbonyl (C=O) groups excluding carboxylic acids is 2. The van der Waals surface area contributed by atoms with Gasteiger partial charge in [-0.2, -0.15) is 0 Å². The van der Waals surface area contributed by atoms with E-state index < -0.39 is 18.0 Å². The molecule has 0 aliphatic rings. The Labute approximate surface area is 131 Å². The number of primary amides is 1. The monoisotopic (exact) mass is 313 g/mol. The molecule has 0 aromatic heterocycles. The highest BCUT2D eigenvalue weighted by atomic mass is 35.5. The molecular formula is C15H24ClN3O2. The summed E-state index contributed by atoms with van der Waals surface area (Å²) in [6.07, 6.45) is 0.943. The summed E-state index contributed by atoms with van der Waals surface area (Å²) in [6.45, 7) is 3.93. The van der Waals surface area contributed by atoms with Gasteiger partial charge in [0.2, 0.25) is 11.8 Å². The van der Waals surface area contributed by atoms with E-state index in [0.717, 1.165) is 5.56 Å². The zero-order valence-corrected chi connectivity index (χ0v) is 13.2. The van der Waals surface area contributed by atoms with E-state index in [2.05, 4.69) is 5.32 Å². The minimum atomic E-state index is -0.689. The van der Waals surface area contributed by atoms with E-state index in [9.17, 15) is 9.59 Å². The summed E-state index contributed by atoms with van der Waals surface area (Å²) < 4.78 is 0. The van der Waals surface area contributed by atoms with Gasteiger partial charge in [-0.05, 0) is 24.3 Å². The van der Waals surface area contributed by atoms with Crippen LogP contribution in [0.4, 0.5) is 0 Å². The van der Waals surface area contributed by atoms with Crippen molar-refractivity contribution in [3.63, 3.8) is 0 Å². The van der Waals surface area contributed by atoms with E-state index in [4.69, 9.17) is 11.5 Å². The first-order chi connectivity index (χ1) is 9.40. The third-order valence-corrected chi connectivity index (χ3v) is 3.00. The summed E-state index contributed by atoms with van der Waals surface area (Å²) in [5.74, 6) is -0.615. The molecule has 0 unspecified atom stereocenters. The van der Waals surface area contributed by atoms with Crippen molar-refractivity contribution in [3.8, 4) is 0 Å². The summed E-state index contributed by atoms with van der Waals surface area (Å²) in [5.41, 5.74) is 12.1. The molecule has 0 bridgehead atoms. The predicted octanol–water partition coefficient (Wildman–Crippen LogP) is 0.994. The van der Waals surface area contributed by atoms with Gasteiger partial charge in [-0.3, -0.25) is 9.59 Å². The minimum absolute atomic E-state index is 0. The third kappa shape index (κ3) is 7.11. The van der Waals surface area contributed by atoms with E-state index >= 15 is 0 Å². The Hall–Kier alpha value is -1.59. The minimum Gasteiger partial charge on any atom is -0.368 e. The summed E-state index contributed by atoms with van der Waals surface area (Å²) in [6, 6.07) is 8.16. The summed E-state index contributed by atoms with van der Waals surface area (Å²) >= 11 is 0. The highest BCUT2D eigenvalue weighted by molar-refractivity contribution is 5.89. The molecule has 1 aromatic carbocycles. The number of rotatable bonds is 7. The molecule has 0 aliphatic heterocycles. The van der Waals surface area contributed by atoms with Gasteiger partial charge in [0.25, 0.3) is 0 Å². The zero-order valence-electron chi connectivity index (χ0n) is 12.4. The summed E-state index contributed by atoms with van der Waals surface area (Å²) in [4.78, 5) is 23.3. The van der Waals surface area contributed by atoms with Gasteiger partial charge < -0.3 is 16.8 Å². The molecule has 0 heterocycles. The van der Waals surface area contributed by atoms with Crippen LogP contribution in [0.1, 0.15) is 25.8 Å². The number of benzene rings is 1. The number of amides is 2. The molecule has 118 valence electrons. The van der Waals surface area contributed by atoms with Gasteiger partial charge in [-0.25, -0.2) is 0 Å². The lowest BCUT2D eigenvalue weighted by Crippen LogP contribution is -2.51. The zero-order chi connectivity index (χ0) is 15.1. The summed E-state index contributed by atoms with van der Waals surface area (Å²) in [7, 11) is 0. The normalized spacial score (nSPS) is 13.1. The average Bonchev–Trinajstić information content (AvgIpc) is 2.38. The Morgan fingerprint density at radius 2 is 1.76 bits per heavy atom. The molecule has 6 heteroatoms. The Morgan fingerprint density at radius 1 is 1.19 bits per heavy atom. The lowest BCUT2D eigenvalue weighted by atomic mass is 10.0. The number of hydrogen-bond acceptors (Lipinski definition) is 3. The van der Waals surface area contributed by atoms with Crippen LogP contribution in [0, 0.1) is 5.92 Å². The molecule has 5 nitrogen and oxygen atoms in total. The van der Waals surface area contributed by atoms with Crippen molar-refractivity contribution in [2.45, 2.75) is 38.8 Å². The second-order valence-corrected chi connectivity index (χ2v) is 5.39. The molecule has 1 rings (SSSR count). The molecule has 2 amide bonds. The topological polar surface area (TPSA) is 98.2 Å². The van der Waals surface area contributed by atoms with Crippen molar-refractivity contribution in [2.75, 3.05) is 0 Å². The van der Waals surface area contributed by atoms with Gasteiger partial charge >= 0.3 is 0 Å². The first kappa shape index (κ1) is 19.4. The molecule has 0 saturated heterocycles. The van der Waals surface area contributed by atoms with E-state index in [-0.39, 0.29) is 24.2 Å². The van der Waals surface area contributed by atoms with Gasteiger partial charge in [-0.15, -0.1) is 12.4 Å². The molecular weight excluding hydrogens is 290 g/mol. The quantitative estimate of drug-likeness (QED) is 0.700. The first-order valence-corrected chi connectivity index (χ1v) is 6.79. The molecule has 2 atom stereocenters. The Kier molecular flexibility index (Phi) is 8.66. The van der Waals surface area contributed by atoms with Crippen LogP contribution in [0.5, 0.6) is 0 Å². The van der Waals surface area contributed by atoms with E-state index in [1.807, 2.05) is 44.2 Å². The molecule has 0 spiro atoms. The average molecular weight is 314 g/mol. The number of carbonyl (C=O) groups is 2. The van der Waals surface area contributed by atoms with Crippen LogP contribution in [0.25, 0.3) is 0 Å². The number of nitrogens with one attached hydrogen (secondary N) is 1. The predicted molar refractivity (Wildman–Crippen MR) is 85.9 cm³/mol. The van der Waals surface area contributed by atoms with Crippen LogP contribution in [-0.4, -0.2) is 23.9 Å². The van der Waals surface area contributed by atoms with Crippen LogP contribution in [-0.2, 0) is 16.0 Å². The standard InChI is InChI=1S/C15H23N3O2.ClH/c1-10(2)8-13(14(17)19)18-15(20)12(16)9-11-6-4-3-5-7-11;/h3-7,10,12-13H,8-9,16H2,1-2H3,(H2,17,19)(H,18,20);1H/t12-,13-;/m0./s1. The second-order valence-electron chi connectivity index (χ2n) is 5.39. The maximum absolute atomic E-state index is 12.0. The molecule has 0 aliphatic carbocycles. The maximum Gasteiger partial charge on any atom is 0.240 e. The molecule has 1 aromatic rings. The number of hydrogen-bond donors (Lipinski definition) is 3. The Morgan fingerprint density at radius 3 is 2.24 bits per heavy atom. The van der Waals surface area contributed by atoms with Crippen molar-refractivity contribution >= 4 is 24.2 Å². The van der Waals surface area contributed by atoms with Crippen molar-refractivity contribution in [1.82, 2.24) is 5.32 Å². The van der Waals surface area contributed by atoms with E-state index in [1.54, 1.807) is 0 Å². The van der Waals surface area contributed by atoms with Crippen LogP contribution in [0.3, 0.4) is 0 Å². The van der Waals surface area contributed by atoms with Gasteiger partial charge in [0.1, 0.15) is 6.04 Å². The fourth-order valence-electron chi connectivity index (χ4n) is 1.96. The Balaban J connectivity index is 0.00000400. The van der Waals surface area contributed by atoms with Gasteiger partial charge in [0.15, 0.2) is 0 Å².